The van der Waals surface area contributed by atoms with Crippen LogP contribution in [0.3, 0.4) is 0 Å². The number of carbonyl (C=O) groups is 1. The van der Waals surface area contributed by atoms with Crippen molar-refractivity contribution in [3.05, 3.63) is 16.8 Å². The van der Waals surface area contributed by atoms with Crippen LogP contribution in [-0.2, 0) is 11.2 Å². The summed E-state index contributed by atoms with van der Waals surface area (Å²) in [5, 5.41) is 1.07. The molecule has 0 bridgehead atoms. The standard InChI is InChI=1S/C19H26N4O2S/c20-12-5-7-13(8-6-12)25-18-17-16-11(4-9-15(21)24)2-1-3-14(16)26-19(17)23-10-22-18/h10-13H,1-9,20H2,(H2,21,24)/t11-,12?,13?/m1/s1. The van der Waals surface area contributed by atoms with Gasteiger partial charge in [0.25, 0.3) is 0 Å². The molecule has 140 valence electrons. The second-order valence-corrected chi connectivity index (χ2v) is 8.63. The first-order valence-corrected chi connectivity index (χ1v) is 10.4. The van der Waals surface area contributed by atoms with Crippen LogP contribution in [0.2, 0.25) is 0 Å². The zero-order chi connectivity index (χ0) is 18.1. The average Bonchev–Trinajstić information content (AvgIpc) is 3.02. The second-order valence-electron chi connectivity index (χ2n) is 7.55. The summed E-state index contributed by atoms with van der Waals surface area (Å²) in [6.07, 6.45) is 10.3. The molecule has 4 rings (SSSR count). The Labute approximate surface area is 157 Å². The number of ether oxygens (including phenoxy) is 1. The van der Waals surface area contributed by atoms with Gasteiger partial charge in [-0.3, -0.25) is 4.79 Å². The Bertz CT molecular complexity index is 798. The Balaban J connectivity index is 1.66. The van der Waals surface area contributed by atoms with Crippen molar-refractivity contribution in [1.82, 2.24) is 9.97 Å². The highest BCUT2D eigenvalue weighted by atomic mass is 32.1. The van der Waals surface area contributed by atoms with Gasteiger partial charge in [0.15, 0.2) is 0 Å². The number of nitrogens with zero attached hydrogens (tertiary/aromatic N) is 2. The Morgan fingerprint density at radius 2 is 2.04 bits per heavy atom. The maximum absolute atomic E-state index is 11.3. The molecule has 1 saturated carbocycles. The van der Waals surface area contributed by atoms with Crippen LogP contribution in [0.5, 0.6) is 5.88 Å². The number of primary amides is 1. The minimum absolute atomic E-state index is 0.177. The van der Waals surface area contributed by atoms with Crippen LogP contribution in [0.15, 0.2) is 6.33 Å². The lowest BCUT2D eigenvalue weighted by molar-refractivity contribution is -0.118. The number of aryl methyl sites for hydroxylation is 1. The van der Waals surface area contributed by atoms with Gasteiger partial charge in [-0.05, 0) is 62.8 Å². The first kappa shape index (κ1) is 17.7. The summed E-state index contributed by atoms with van der Waals surface area (Å²) in [6, 6.07) is 0.298. The minimum atomic E-state index is -0.233. The van der Waals surface area contributed by atoms with Gasteiger partial charge in [-0.2, -0.15) is 0 Å². The molecule has 0 radical (unpaired) electrons. The molecule has 0 unspecified atom stereocenters. The minimum Gasteiger partial charge on any atom is -0.474 e. The maximum Gasteiger partial charge on any atom is 0.225 e. The van der Waals surface area contributed by atoms with E-state index in [4.69, 9.17) is 16.2 Å². The topological polar surface area (TPSA) is 104 Å². The van der Waals surface area contributed by atoms with Gasteiger partial charge in [0.05, 0.1) is 5.39 Å². The van der Waals surface area contributed by atoms with Crippen LogP contribution in [0, 0.1) is 0 Å². The fraction of sp³-hybridized carbons (Fsp3) is 0.632. The molecule has 26 heavy (non-hydrogen) atoms. The second kappa shape index (κ2) is 7.48. The molecule has 7 heteroatoms. The Kier molecular flexibility index (Phi) is 5.09. The van der Waals surface area contributed by atoms with E-state index in [0.29, 0.717) is 24.3 Å². The Hall–Kier alpha value is -1.73. The first-order valence-electron chi connectivity index (χ1n) is 9.58. The van der Waals surface area contributed by atoms with Crippen molar-refractivity contribution in [3.63, 3.8) is 0 Å². The first-order chi connectivity index (χ1) is 12.6. The van der Waals surface area contributed by atoms with Gasteiger partial charge in [0, 0.05) is 17.3 Å². The number of hydrogen-bond acceptors (Lipinski definition) is 6. The van der Waals surface area contributed by atoms with Gasteiger partial charge in [-0.25, -0.2) is 9.97 Å². The molecular formula is C19H26N4O2S. The Morgan fingerprint density at radius 1 is 1.23 bits per heavy atom. The largest absolute Gasteiger partial charge is 0.474 e. The Morgan fingerprint density at radius 3 is 2.81 bits per heavy atom. The molecule has 1 amide bonds. The zero-order valence-corrected chi connectivity index (χ0v) is 15.8. The van der Waals surface area contributed by atoms with E-state index in [1.54, 1.807) is 17.7 Å². The van der Waals surface area contributed by atoms with Crippen LogP contribution >= 0.6 is 11.3 Å². The number of rotatable bonds is 5. The third-order valence-corrected chi connectivity index (χ3v) is 6.84. The van der Waals surface area contributed by atoms with Gasteiger partial charge >= 0.3 is 0 Å². The highest BCUT2D eigenvalue weighted by Gasteiger charge is 2.29. The maximum atomic E-state index is 11.3. The number of amides is 1. The van der Waals surface area contributed by atoms with E-state index in [2.05, 4.69) is 9.97 Å². The smallest absolute Gasteiger partial charge is 0.225 e. The molecule has 1 fully saturated rings. The monoisotopic (exact) mass is 374 g/mol. The van der Waals surface area contributed by atoms with Crippen LogP contribution < -0.4 is 16.2 Å². The van der Waals surface area contributed by atoms with Gasteiger partial charge in [0.2, 0.25) is 11.8 Å². The molecule has 2 aliphatic carbocycles. The van der Waals surface area contributed by atoms with Crippen molar-refractivity contribution in [3.8, 4) is 5.88 Å². The van der Waals surface area contributed by atoms with Gasteiger partial charge < -0.3 is 16.2 Å². The van der Waals surface area contributed by atoms with E-state index in [1.807, 2.05) is 0 Å². The lowest BCUT2D eigenvalue weighted by Crippen LogP contribution is -2.31. The van der Waals surface area contributed by atoms with Crippen LogP contribution in [0.1, 0.15) is 67.7 Å². The zero-order valence-electron chi connectivity index (χ0n) is 14.9. The third-order valence-electron chi connectivity index (χ3n) is 5.67. The summed E-state index contributed by atoms with van der Waals surface area (Å²) in [5.41, 5.74) is 12.7. The van der Waals surface area contributed by atoms with Gasteiger partial charge in [0.1, 0.15) is 17.3 Å². The number of carbonyl (C=O) groups excluding carboxylic acids is 1. The molecule has 2 aromatic heterocycles. The van der Waals surface area contributed by atoms with Crippen LogP contribution in [0.25, 0.3) is 10.2 Å². The number of hydrogen-bond donors (Lipinski definition) is 2. The molecule has 0 spiro atoms. The fourth-order valence-corrected chi connectivity index (χ4v) is 5.56. The predicted octanol–water partition coefficient (Wildman–Crippen LogP) is 3.03. The van der Waals surface area contributed by atoms with E-state index in [1.165, 1.54) is 10.4 Å². The molecule has 0 aromatic carbocycles. The average molecular weight is 375 g/mol. The number of nitrogens with two attached hydrogens (primary N) is 2. The third kappa shape index (κ3) is 3.55. The molecule has 2 aromatic rings. The summed E-state index contributed by atoms with van der Waals surface area (Å²) in [4.78, 5) is 22.6. The molecule has 2 aliphatic rings. The van der Waals surface area contributed by atoms with Gasteiger partial charge in [-0.15, -0.1) is 11.3 Å². The summed E-state index contributed by atoms with van der Waals surface area (Å²) in [6.45, 7) is 0. The lowest BCUT2D eigenvalue weighted by Gasteiger charge is -2.27. The molecular weight excluding hydrogens is 348 g/mol. The number of thiophene rings is 1. The van der Waals surface area contributed by atoms with Crippen molar-refractivity contribution < 1.29 is 9.53 Å². The quantitative estimate of drug-likeness (QED) is 0.837. The van der Waals surface area contributed by atoms with Crippen molar-refractivity contribution in [2.75, 3.05) is 0 Å². The van der Waals surface area contributed by atoms with E-state index < -0.39 is 0 Å². The highest BCUT2D eigenvalue weighted by Crippen LogP contribution is 2.46. The summed E-state index contributed by atoms with van der Waals surface area (Å²) in [7, 11) is 0. The van der Waals surface area contributed by atoms with Crippen molar-refractivity contribution >= 4 is 27.5 Å². The molecule has 6 nitrogen and oxygen atoms in total. The molecule has 4 N–H and O–H groups in total. The molecule has 1 atom stereocenters. The van der Waals surface area contributed by atoms with E-state index in [-0.39, 0.29) is 12.0 Å². The van der Waals surface area contributed by atoms with Crippen molar-refractivity contribution in [2.24, 2.45) is 11.5 Å². The van der Waals surface area contributed by atoms with Crippen molar-refractivity contribution in [1.29, 1.82) is 0 Å². The van der Waals surface area contributed by atoms with E-state index >= 15 is 0 Å². The SMILES string of the molecule is NC(=O)CC[C@H]1CCCc2sc3ncnc(OC4CCC(N)CC4)c3c21. The summed E-state index contributed by atoms with van der Waals surface area (Å²) in [5.74, 6) is 0.815. The van der Waals surface area contributed by atoms with E-state index in [0.717, 1.165) is 61.6 Å². The molecule has 0 saturated heterocycles. The molecule has 0 aliphatic heterocycles. The predicted molar refractivity (Wildman–Crippen MR) is 102 cm³/mol. The highest BCUT2D eigenvalue weighted by molar-refractivity contribution is 7.18. The molecule has 2 heterocycles. The number of fused-ring (bicyclic) bond motifs is 3. The number of aromatic nitrogens is 2. The van der Waals surface area contributed by atoms with Crippen LogP contribution in [0.4, 0.5) is 0 Å². The lowest BCUT2D eigenvalue weighted by atomic mass is 9.83. The van der Waals surface area contributed by atoms with Crippen molar-refractivity contribution in [2.45, 2.75) is 75.9 Å². The summed E-state index contributed by atoms with van der Waals surface area (Å²) >= 11 is 1.75. The normalized spacial score (nSPS) is 25.8. The van der Waals surface area contributed by atoms with Gasteiger partial charge in [-0.1, -0.05) is 0 Å². The summed E-state index contributed by atoms with van der Waals surface area (Å²) < 4.78 is 6.32. The van der Waals surface area contributed by atoms with Crippen LogP contribution in [-0.4, -0.2) is 28.0 Å². The fourth-order valence-electron chi connectivity index (χ4n) is 4.30. The van der Waals surface area contributed by atoms with E-state index in [9.17, 15) is 4.79 Å².